The van der Waals surface area contributed by atoms with Crippen LogP contribution < -0.4 is 17.2 Å². The van der Waals surface area contributed by atoms with Gasteiger partial charge in [0.1, 0.15) is 6.17 Å². The lowest BCUT2D eigenvalue weighted by Crippen LogP contribution is -3.00. The van der Waals surface area contributed by atoms with Gasteiger partial charge in [-0.15, -0.1) is 0 Å². The summed E-state index contributed by atoms with van der Waals surface area (Å²) in [4.78, 5) is 2.61. The summed E-state index contributed by atoms with van der Waals surface area (Å²) in [6, 6.07) is 0. The molecule has 0 fully saturated rings. The zero-order valence-electron chi connectivity index (χ0n) is 11.0. The first-order chi connectivity index (χ1) is 6.66. The van der Waals surface area contributed by atoms with Gasteiger partial charge in [0.05, 0.1) is 27.7 Å². The van der Waals surface area contributed by atoms with Crippen LogP contribution in [-0.4, -0.2) is 43.9 Å². The first-order valence-corrected chi connectivity index (χ1v) is 5.86. The van der Waals surface area contributed by atoms with Gasteiger partial charge in [0.25, 0.3) is 0 Å². The Morgan fingerprint density at radius 1 is 1.31 bits per heavy atom. The van der Waals surface area contributed by atoms with E-state index in [9.17, 15) is 4.39 Å². The van der Waals surface area contributed by atoms with Crippen LogP contribution in [-0.2, 0) is 0 Å². The van der Waals surface area contributed by atoms with Crippen molar-refractivity contribution in [1.82, 2.24) is 4.84 Å². The Balaban J connectivity index is 0. The van der Waals surface area contributed by atoms with Gasteiger partial charge >= 0.3 is 0 Å². The molecule has 0 heterocycles. The van der Waals surface area contributed by atoms with Crippen molar-refractivity contribution in [2.75, 3.05) is 27.7 Å². The molecule has 1 unspecified atom stereocenters. The van der Waals surface area contributed by atoms with E-state index in [1.54, 1.807) is 0 Å². The molecule has 0 aliphatic heterocycles. The highest BCUT2D eigenvalue weighted by atomic mass is 35.5. The lowest BCUT2D eigenvalue weighted by atomic mass is 9.96. The maximum absolute atomic E-state index is 13.6. The predicted octanol–water partition coefficient (Wildman–Crippen LogP) is -0.273. The average Bonchev–Trinajstić information content (AvgIpc) is 2.00. The SMILES string of the molecule is CC(C)(CC(F)CCC[N+](C)(C)C)NCl.[Cl-]. The maximum atomic E-state index is 13.6. The zero-order valence-corrected chi connectivity index (χ0v) is 12.5. The van der Waals surface area contributed by atoms with Crippen LogP contribution in [0.1, 0.15) is 33.1 Å². The highest BCUT2D eigenvalue weighted by Crippen LogP contribution is 2.18. The van der Waals surface area contributed by atoms with Gasteiger partial charge in [-0.1, -0.05) is 0 Å². The summed E-state index contributed by atoms with van der Waals surface area (Å²) in [6.45, 7) is 4.83. The van der Waals surface area contributed by atoms with Crippen LogP contribution in [0.3, 0.4) is 0 Å². The third kappa shape index (κ3) is 10.9. The first-order valence-electron chi connectivity index (χ1n) is 5.49. The van der Waals surface area contributed by atoms with E-state index in [0.29, 0.717) is 12.8 Å². The molecule has 0 aliphatic rings. The molecule has 0 rings (SSSR count). The van der Waals surface area contributed by atoms with Gasteiger partial charge in [0.2, 0.25) is 0 Å². The second kappa shape index (κ2) is 7.70. The molecule has 5 heteroatoms. The quantitative estimate of drug-likeness (QED) is 0.498. The minimum absolute atomic E-state index is 0. The fourth-order valence-corrected chi connectivity index (χ4v) is 1.56. The highest BCUT2D eigenvalue weighted by molar-refractivity contribution is 6.13. The number of hydrogen-bond donors (Lipinski definition) is 1. The largest absolute Gasteiger partial charge is 1.00 e. The van der Waals surface area contributed by atoms with Crippen LogP contribution in [0.25, 0.3) is 0 Å². The molecule has 0 saturated heterocycles. The normalized spacial score (nSPS) is 14.4. The topological polar surface area (TPSA) is 12.0 Å². The van der Waals surface area contributed by atoms with Crippen LogP contribution in [0, 0.1) is 0 Å². The van der Waals surface area contributed by atoms with Crippen molar-refractivity contribution in [2.45, 2.75) is 44.8 Å². The van der Waals surface area contributed by atoms with Crippen LogP contribution in [0.5, 0.6) is 0 Å². The van der Waals surface area contributed by atoms with E-state index < -0.39 is 6.17 Å². The van der Waals surface area contributed by atoms with Crippen LogP contribution in [0.4, 0.5) is 4.39 Å². The summed E-state index contributed by atoms with van der Waals surface area (Å²) in [5.41, 5.74) is -0.322. The molecular weight excluding hydrogens is 250 g/mol. The van der Waals surface area contributed by atoms with Crippen molar-refractivity contribution >= 4 is 11.8 Å². The molecule has 16 heavy (non-hydrogen) atoms. The molecule has 0 aromatic heterocycles. The van der Waals surface area contributed by atoms with Gasteiger partial charge in [-0.05, 0) is 44.9 Å². The molecule has 1 N–H and O–H groups in total. The van der Waals surface area contributed by atoms with Crippen molar-refractivity contribution in [3.05, 3.63) is 0 Å². The molecule has 0 bridgehead atoms. The Bertz CT molecular complexity index is 181. The molecule has 0 saturated carbocycles. The first kappa shape index (κ1) is 18.8. The van der Waals surface area contributed by atoms with Gasteiger partial charge < -0.3 is 16.9 Å². The van der Waals surface area contributed by atoms with Crippen LogP contribution in [0.15, 0.2) is 0 Å². The summed E-state index contributed by atoms with van der Waals surface area (Å²) in [7, 11) is 6.37. The van der Waals surface area contributed by atoms with E-state index >= 15 is 0 Å². The van der Waals surface area contributed by atoms with Gasteiger partial charge in [-0.3, -0.25) is 0 Å². The van der Waals surface area contributed by atoms with E-state index in [1.165, 1.54) is 0 Å². The van der Waals surface area contributed by atoms with Crippen molar-refractivity contribution < 1.29 is 21.3 Å². The summed E-state index contributed by atoms with van der Waals surface area (Å²) in [5.74, 6) is 0. The van der Waals surface area contributed by atoms with Gasteiger partial charge in [0, 0.05) is 5.54 Å². The monoisotopic (exact) mass is 274 g/mol. The van der Waals surface area contributed by atoms with E-state index in [2.05, 4.69) is 26.0 Å². The lowest BCUT2D eigenvalue weighted by molar-refractivity contribution is -0.870. The van der Waals surface area contributed by atoms with Crippen LogP contribution in [0.2, 0.25) is 0 Å². The summed E-state index contributed by atoms with van der Waals surface area (Å²) >= 11 is 5.52. The number of halogens is 3. The third-order valence-electron chi connectivity index (χ3n) is 2.33. The Labute approximate surface area is 111 Å². The van der Waals surface area contributed by atoms with E-state index in [1.807, 2.05) is 13.8 Å². The molecule has 0 aromatic rings. The lowest BCUT2D eigenvalue weighted by Gasteiger charge is -2.26. The maximum Gasteiger partial charge on any atom is 0.102 e. The number of hydrogen-bond acceptors (Lipinski definition) is 1. The Kier molecular flexibility index (Phi) is 9.04. The summed E-state index contributed by atoms with van der Waals surface area (Å²) < 4.78 is 14.4. The van der Waals surface area contributed by atoms with E-state index in [0.717, 1.165) is 17.4 Å². The van der Waals surface area contributed by atoms with Gasteiger partial charge in [0.15, 0.2) is 0 Å². The summed E-state index contributed by atoms with van der Waals surface area (Å²) in [5, 5.41) is 0. The molecule has 1 atom stereocenters. The second-order valence-corrected chi connectivity index (χ2v) is 6.12. The zero-order chi connectivity index (χ0) is 12.1. The Hall–Kier alpha value is 0.430. The number of rotatable bonds is 7. The molecule has 0 aliphatic carbocycles. The van der Waals surface area contributed by atoms with Gasteiger partial charge in [-0.25, -0.2) is 9.23 Å². The fraction of sp³-hybridized carbons (Fsp3) is 1.00. The third-order valence-corrected chi connectivity index (χ3v) is 2.85. The fourth-order valence-electron chi connectivity index (χ4n) is 1.48. The molecule has 0 aromatic carbocycles. The van der Waals surface area contributed by atoms with E-state index in [4.69, 9.17) is 11.8 Å². The Morgan fingerprint density at radius 3 is 2.19 bits per heavy atom. The minimum Gasteiger partial charge on any atom is -1.00 e. The van der Waals surface area contributed by atoms with Crippen molar-refractivity contribution in [2.24, 2.45) is 0 Å². The molecule has 100 valence electrons. The number of quaternary nitrogens is 1. The number of nitrogens with zero attached hydrogens (tertiary/aromatic N) is 1. The molecule has 0 spiro atoms. The summed E-state index contributed by atoms with van der Waals surface area (Å²) in [6.07, 6.45) is 1.24. The van der Waals surface area contributed by atoms with Crippen molar-refractivity contribution in [3.63, 3.8) is 0 Å². The van der Waals surface area contributed by atoms with Gasteiger partial charge in [-0.2, -0.15) is 0 Å². The number of nitrogens with one attached hydrogen (secondary N) is 1. The van der Waals surface area contributed by atoms with Crippen molar-refractivity contribution in [1.29, 1.82) is 0 Å². The predicted molar refractivity (Wildman–Crippen MR) is 64.7 cm³/mol. The second-order valence-electron chi connectivity index (χ2n) is 5.94. The van der Waals surface area contributed by atoms with Crippen molar-refractivity contribution in [3.8, 4) is 0 Å². The molecular formula is C11H25Cl2FN2. The highest BCUT2D eigenvalue weighted by Gasteiger charge is 2.22. The standard InChI is InChI=1S/C11H25ClFN2.ClH/c1-11(2,14-12)9-10(13)7-6-8-15(3,4)5;/h10,14H,6-9H2,1-5H3;1H/q+1;/p-1. The smallest absolute Gasteiger partial charge is 0.102 e. The Morgan fingerprint density at radius 2 is 1.81 bits per heavy atom. The number of alkyl halides is 1. The van der Waals surface area contributed by atoms with Crippen LogP contribution >= 0.6 is 11.8 Å². The molecule has 2 nitrogen and oxygen atoms in total. The minimum atomic E-state index is -0.766. The average molecular weight is 275 g/mol. The van der Waals surface area contributed by atoms with E-state index in [-0.39, 0.29) is 17.9 Å². The molecule has 0 amide bonds. The molecule has 0 radical (unpaired) electrons.